The third kappa shape index (κ3) is 5.24. The van der Waals surface area contributed by atoms with Crippen LogP contribution in [0.1, 0.15) is 0 Å². The quantitative estimate of drug-likeness (QED) is 0.731. The topological polar surface area (TPSA) is 68.2 Å². The Bertz CT molecular complexity index is 556. The van der Waals surface area contributed by atoms with Crippen LogP contribution >= 0.6 is 0 Å². The first kappa shape index (κ1) is 15.0. The van der Waals surface area contributed by atoms with Gasteiger partial charge in [-0.2, -0.15) is 0 Å². The van der Waals surface area contributed by atoms with Gasteiger partial charge in [-0.25, -0.2) is 0 Å². The lowest BCUT2D eigenvalue weighted by molar-refractivity contribution is 0.0757. The second-order valence-corrected chi connectivity index (χ2v) is 4.27. The molecule has 0 atom stereocenters. The predicted molar refractivity (Wildman–Crippen MR) is 78.0 cm³/mol. The average Bonchev–Trinajstić information content (AvgIpc) is 2.48. The van der Waals surface area contributed by atoms with Crippen LogP contribution in [-0.4, -0.2) is 36.6 Å². The van der Waals surface area contributed by atoms with Gasteiger partial charge in [0.25, 0.3) is 0 Å². The number of para-hydroxylation sites is 2. The van der Waals surface area contributed by atoms with Crippen molar-refractivity contribution < 1.29 is 24.4 Å². The Balaban J connectivity index is 1.55. The number of phenols is 2. The molecule has 0 amide bonds. The minimum Gasteiger partial charge on any atom is -0.508 e. The van der Waals surface area contributed by atoms with Crippen molar-refractivity contribution in [2.45, 2.75) is 0 Å². The van der Waals surface area contributed by atoms with Crippen molar-refractivity contribution in [1.29, 1.82) is 0 Å². The number of phenolic OH excluding ortho intramolecular Hbond substituents is 2. The minimum absolute atomic E-state index is 0.115. The zero-order valence-corrected chi connectivity index (χ0v) is 11.6. The van der Waals surface area contributed by atoms with Crippen LogP contribution in [0.25, 0.3) is 0 Å². The van der Waals surface area contributed by atoms with Crippen LogP contribution in [0.2, 0.25) is 0 Å². The molecule has 0 radical (unpaired) electrons. The lowest BCUT2D eigenvalue weighted by Crippen LogP contribution is -2.12. The van der Waals surface area contributed by atoms with E-state index in [-0.39, 0.29) is 11.5 Å². The Hall–Kier alpha value is -2.40. The molecule has 5 nitrogen and oxygen atoms in total. The molecule has 21 heavy (non-hydrogen) atoms. The largest absolute Gasteiger partial charge is 0.508 e. The Morgan fingerprint density at radius 2 is 1.52 bits per heavy atom. The standard InChI is InChI=1S/C16H18O5/c17-13-4-3-5-14(12-13)20-10-8-19-9-11-21-16-7-2-1-6-15(16)18/h1-7,12,17-18H,8-11H2. The van der Waals surface area contributed by atoms with E-state index in [1.54, 1.807) is 48.5 Å². The highest BCUT2D eigenvalue weighted by Gasteiger charge is 2.00. The van der Waals surface area contributed by atoms with Gasteiger partial charge >= 0.3 is 0 Å². The molecule has 5 heteroatoms. The molecule has 0 unspecified atom stereocenters. The summed E-state index contributed by atoms with van der Waals surface area (Å²) in [5.74, 6) is 1.33. The molecule has 0 bridgehead atoms. The molecule has 0 aliphatic carbocycles. The highest BCUT2D eigenvalue weighted by molar-refractivity contribution is 5.37. The number of benzene rings is 2. The summed E-state index contributed by atoms with van der Waals surface area (Å²) in [6, 6.07) is 13.4. The van der Waals surface area contributed by atoms with E-state index in [2.05, 4.69) is 0 Å². The molecule has 0 aromatic heterocycles. The maximum atomic E-state index is 9.49. The number of ether oxygens (including phenoxy) is 3. The summed E-state index contributed by atoms with van der Waals surface area (Å²) < 4.78 is 16.1. The molecule has 0 aliphatic heterocycles. The summed E-state index contributed by atoms with van der Waals surface area (Å²) in [6.45, 7) is 1.56. The predicted octanol–water partition coefficient (Wildman–Crippen LogP) is 2.57. The van der Waals surface area contributed by atoms with Crippen LogP contribution in [0.5, 0.6) is 23.0 Å². The fourth-order valence-corrected chi connectivity index (χ4v) is 1.68. The van der Waals surface area contributed by atoms with E-state index < -0.39 is 0 Å². The molecule has 0 aliphatic rings. The van der Waals surface area contributed by atoms with Gasteiger partial charge in [-0.1, -0.05) is 18.2 Å². The van der Waals surface area contributed by atoms with E-state index in [0.29, 0.717) is 37.9 Å². The third-order valence-electron chi connectivity index (χ3n) is 2.66. The molecular formula is C16H18O5. The number of hydrogen-bond acceptors (Lipinski definition) is 5. The molecule has 0 heterocycles. The third-order valence-corrected chi connectivity index (χ3v) is 2.66. The molecule has 2 aromatic carbocycles. The summed E-state index contributed by atoms with van der Waals surface area (Å²) >= 11 is 0. The van der Waals surface area contributed by atoms with Crippen molar-refractivity contribution >= 4 is 0 Å². The van der Waals surface area contributed by atoms with Crippen LogP contribution in [-0.2, 0) is 4.74 Å². The van der Waals surface area contributed by atoms with Gasteiger partial charge in [0, 0.05) is 6.07 Å². The lowest BCUT2D eigenvalue weighted by Gasteiger charge is -2.09. The van der Waals surface area contributed by atoms with Crippen molar-refractivity contribution in [3.63, 3.8) is 0 Å². The van der Waals surface area contributed by atoms with Gasteiger partial charge in [-0.05, 0) is 24.3 Å². The molecule has 112 valence electrons. The number of rotatable bonds is 8. The van der Waals surface area contributed by atoms with Gasteiger partial charge in [-0.15, -0.1) is 0 Å². The normalized spacial score (nSPS) is 10.3. The maximum absolute atomic E-state index is 9.49. The molecule has 2 aromatic rings. The van der Waals surface area contributed by atoms with E-state index in [9.17, 15) is 10.2 Å². The molecule has 0 saturated carbocycles. The van der Waals surface area contributed by atoms with Crippen LogP contribution in [0, 0.1) is 0 Å². The van der Waals surface area contributed by atoms with Gasteiger partial charge in [0.2, 0.25) is 0 Å². The number of aromatic hydroxyl groups is 2. The Morgan fingerprint density at radius 1 is 0.762 bits per heavy atom. The van der Waals surface area contributed by atoms with Crippen molar-refractivity contribution in [1.82, 2.24) is 0 Å². The second-order valence-electron chi connectivity index (χ2n) is 4.27. The minimum atomic E-state index is 0.115. The van der Waals surface area contributed by atoms with Gasteiger partial charge in [0.15, 0.2) is 11.5 Å². The Kier molecular flexibility index (Phi) is 5.72. The van der Waals surface area contributed by atoms with E-state index >= 15 is 0 Å². The zero-order chi connectivity index (χ0) is 14.9. The molecule has 2 rings (SSSR count). The Labute approximate surface area is 123 Å². The summed E-state index contributed by atoms with van der Waals surface area (Å²) in [7, 11) is 0. The smallest absolute Gasteiger partial charge is 0.161 e. The molecular weight excluding hydrogens is 272 g/mol. The molecule has 0 fully saturated rings. The van der Waals surface area contributed by atoms with Crippen molar-refractivity contribution in [2.75, 3.05) is 26.4 Å². The molecule has 2 N–H and O–H groups in total. The van der Waals surface area contributed by atoms with E-state index in [0.717, 1.165) is 0 Å². The fourth-order valence-electron chi connectivity index (χ4n) is 1.68. The lowest BCUT2D eigenvalue weighted by atomic mass is 10.3. The van der Waals surface area contributed by atoms with E-state index in [1.165, 1.54) is 0 Å². The van der Waals surface area contributed by atoms with Crippen molar-refractivity contribution in [3.8, 4) is 23.0 Å². The van der Waals surface area contributed by atoms with Gasteiger partial charge < -0.3 is 24.4 Å². The summed E-state index contributed by atoms with van der Waals surface area (Å²) in [5.41, 5.74) is 0. The summed E-state index contributed by atoms with van der Waals surface area (Å²) in [6.07, 6.45) is 0. The van der Waals surface area contributed by atoms with Gasteiger partial charge in [0.05, 0.1) is 13.2 Å². The van der Waals surface area contributed by atoms with Crippen LogP contribution in [0.15, 0.2) is 48.5 Å². The van der Waals surface area contributed by atoms with E-state index in [1.807, 2.05) is 0 Å². The monoisotopic (exact) mass is 290 g/mol. The van der Waals surface area contributed by atoms with Crippen LogP contribution < -0.4 is 9.47 Å². The SMILES string of the molecule is Oc1cccc(OCCOCCOc2ccccc2O)c1. The summed E-state index contributed by atoms with van der Waals surface area (Å²) in [4.78, 5) is 0. The molecule has 0 saturated heterocycles. The van der Waals surface area contributed by atoms with E-state index in [4.69, 9.17) is 14.2 Å². The van der Waals surface area contributed by atoms with Crippen molar-refractivity contribution in [3.05, 3.63) is 48.5 Å². The van der Waals surface area contributed by atoms with Gasteiger partial charge in [0.1, 0.15) is 24.7 Å². The highest BCUT2D eigenvalue weighted by Crippen LogP contribution is 2.24. The first-order valence-corrected chi connectivity index (χ1v) is 6.66. The zero-order valence-electron chi connectivity index (χ0n) is 11.6. The maximum Gasteiger partial charge on any atom is 0.161 e. The second kappa shape index (κ2) is 8.01. The first-order chi connectivity index (χ1) is 10.3. The summed E-state index contributed by atoms with van der Waals surface area (Å²) in [5, 5.41) is 18.8. The average molecular weight is 290 g/mol. The van der Waals surface area contributed by atoms with Gasteiger partial charge in [-0.3, -0.25) is 0 Å². The molecule has 0 spiro atoms. The Morgan fingerprint density at radius 3 is 2.29 bits per heavy atom. The highest BCUT2D eigenvalue weighted by atomic mass is 16.5. The van der Waals surface area contributed by atoms with Crippen molar-refractivity contribution in [2.24, 2.45) is 0 Å². The fraction of sp³-hybridized carbons (Fsp3) is 0.250. The number of hydrogen-bond donors (Lipinski definition) is 2. The van der Waals surface area contributed by atoms with Crippen LogP contribution in [0.3, 0.4) is 0 Å². The van der Waals surface area contributed by atoms with Crippen LogP contribution in [0.4, 0.5) is 0 Å². The first-order valence-electron chi connectivity index (χ1n) is 6.66.